The highest BCUT2D eigenvalue weighted by Crippen LogP contribution is 2.44. The summed E-state index contributed by atoms with van der Waals surface area (Å²) in [6, 6.07) is 12.3. The van der Waals surface area contributed by atoms with Crippen molar-refractivity contribution in [2.75, 3.05) is 13.2 Å². The smallest absolute Gasteiger partial charge is 0.318 e. The van der Waals surface area contributed by atoms with Crippen molar-refractivity contribution >= 4 is 17.4 Å². The van der Waals surface area contributed by atoms with E-state index in [4.69, 9.17) is 4.74 Å². The van der Waals surface area contributed by atoms with Gasteiger partial charge in [0.25, 0.3) is 0 Å². The minimum Gasteiger partial charge on any atom is -0.494 e. The Morgan fingerprint density at radius 1 is 1.16 bits per heavy atom. The van der Waals surface area contributed by atoms with Gasteiger partial charge in [0.1, 0.15) is 10.8 Å². The number of aromatic nitrogens is 1. The zero-order chi connectivity index (χ0) is 22.1. The summed E-state index contributed by atoms with van der Waals surface area (Å²) in [5.74, 6) is 0.841. The van der Waals surface area contributed by atoms with E-state index in [0.717, 1.165) is 36.3 Å². The molecule has 0 saturated carbocycles. The van der Waals surface area contributed by atoms with E-state index in [1.165, 1.54) is 33.8 Å². The van der Waals surface area contributed by atoms with Crippen molar-refractivity contribution in [3.63, 3.8) is 0 Å². The third kappa shape index (κ3) is 3.71. The molecule has 2 aliphatic rings. The number of nitrogens with zero attached hydrogens (tertiary/aromatic N) is 2. The fourth-order valence-corrected chi connectivity index (χ4v) is 6.42. The molecular weight excluding hydrogens is 418 g/mol. The first-order valence-corrected chi connectivity index (χ1v) is 12.6. The molecule has 2 aromatic heterocycles. The lowest BCUT2D eigenvalue weighted by Gasteiger charge is -2.31. The number of fused-ring (bicyclic) bond motifs is 5. The molecule has 0 bridgehead atoms. The molecule has 0 radical (unpaired) electrons. The maximum absolute atomic E-state index is 13.5. The van der Waals surface area contributed by atoms with Crippen LogP contribution < -0.4 is 10.1 Å². The summed E-state index contributed by atoms with van der Waals surface area (Å²) in [5, 5.41) is 4.43. The third-order valence-electron chi connectivity index (χ3n) is 6.45. The van der Waals surface area contributed by atoms with Gasteiger partial charge in [0, 0.05) is 23.2 Å². The lowest BCUT2D eigenvalue weighted by Crippen LogP contribution is -2.42. The van der Waals surface area contributed by atoms with Gasteiger partial charge >= 0.3 is 6.03 Å². The predicted molar refractivity (Wildman–Crippen MR) is 129 cm³/mol. The largest absolute Gasteiger partial charge is 0.494 e. The predicted octanol–water partition coefficient (Wildman–Crippen LogP) is 5.84. The highest BCUT2D eigenvalue weighted by atomic mass is 32.1. The Balaban J connectivity index is 1.66. The van der Waals surface area contributed by atoms with Gasteiger partial charge < -0.3 is 19.5 Å². The monoisotopic (exact) mass is 449 g/mol. The van der Waals surface area contributed by atoms with Gasteiger partial charge in [-0.05, 0) is 74.4 Å². The molecule has 3 heterocycles. The van der Waals surface area contributed by atoms with Crippen LogP contribution in [0.4, 0.5) is 4.79 Å². The molecule has 0 fully saturated rings. The molecule has 0 unspecified atom stereocenters. The molecule has 1 atom stereocenters. The summed E-state index contributed by atoms with van der Waals surface area (Å²) < 4.78 is 8.12. The van der Waals surface area contributed by atoms with Gasteiger partial charge in [0.15, 0.2) is 0 Å². The van der Waals surface area contributed by atoms with Crippen molar-refractivity contribution in [1.29, 1.82) is 0 Å². The average Bonchev–Trinajstić information content (AvgIpc) is 3.40. The lowest BCUT2D eigenvalue weighted by molar-refractivity contribution is 0.180. The second-order valence-electron chi connectivity index (χ2n) is 8.57. The number of nitrogens with one attached hydrogen (secondary N) is 1. The summed E-state index contributed by atoms with van der Waals surface area (Å²) in [6.07, 6.45) is 7.84. The van der Waals surface area contributed by atoms with E-state index < -0.39 is 0 Å². The molecule has 168 valence electrons. The van der Waals surface area contributed by atoms with E-state index >= 15 is 0 Å². The number of aryl methyl sites for hydroxylation is 1. The molecule has 5 nitrogen and oxygen atoms in total. The highest BCUT2D eigenvalue weighted by Gasteiger charge is 2.36. The first-order valence-electron chi connectivity index (χ1n) is 11.8. The van der Waals surface area contributed by atoms with Gasteiger partial charge in [-0.15, -0.1) is 11.3 Å². The van der Waals surface area contributed by atoms with Crippen molar-refractivity contribution in [3.05, 3.63) is 69.9 Å². The molecule has 1 aliphatic heterocycles. The number of ether oxygens (including phenoxy) is 1. The van der Waals surface area contributed by atoms with E-state index in [-0.39, 0.29) is 12.1 Å². The number of hydrogen-bond donors (Lipinski definition) is 1. The zero-order valence-electron chi connectivity index (χ0n) is 18.9. The maximum Gasteiger partial charge on any atom is 0.318 e. The van der Waals surface area contributed by atoms with Crippen LogP contribution in [0.5, 0.6) is 5.75 Å². The van der Waals surface area contributed by atoms with Crippen LogP contribution in [-0.4, -0.2) is 28.6 Å². The normalized spacial score (nSPS) is 17.2. The van der Waals surface area contributed by atoms with Gasteiger partial charge in [0.05, 0.1) is 24.9 Å². The molecule has 1 N–H and O–H groups in total. The average molecular weight is 450 g/mol. The topological polar surface area (TPSA) is 46.5 Å². The molecule has 32 heavy (non-hydrogen) atoms. The zero-order valence-corrected chi connectivity index (χ0v) is 19.7. The highest BCUT2D eigenvalue weighted by molar-refractivity contribution is 7.15. The minimum absolute atomic E-state index is 0.00461. The molecular formula is C26H31N3O2S. The Morgan fingerprint density at radius 3 is 2.88 bits per heavy atom. The fraction of sp³-hybridized carbons (Fsp3) is 0.423. The van der Waals surface area contributed by atoms with E-state index in [0.29, 0.717) is 19.7 Å². The van der Waals surface area contributed by atoms with Crippen LogP contribution in [0, 0.1) is 0 Å². The summed E-state index contributed by atoms with van der Waals surface area (Å²) in [6.45, 7) is 6.01. The van der Waals surface area contributed by atoms with Crippen LogP contribution in [0.1, 0.15) is 66.4 Å². The summed E-state index contributed by atoms with van der Waals surface area (Å²) in [5.41, 5.74) is 5.01. The van der Waals surface area contributed by atoms with Crippen LogP contribution >= 0.6 is 11.3 Å². The molecule has 2 amide bonds. The fourth-order valence-electron chi connectivity index (χ4n) is 5.01. The molecule has 6 heteroatoms. The molecule has 0 spiro atoms. The van der Waals surface area contributed by atoms with Crippen LogP contribution in [0.15, 0.2) is 42.6 Å². The number of amides is 2. The van der Waals surface area contributed by atoms with Crippen LogP contribution in [-0.2, 0) is 19.4 Å². The number of carbonyl (C=O) groups excluding carboxylic acids is 1. The quantitative estimate of drug-likeness (QED) is 0.532. The van der Waals surface area contributed by atoms with Crippen LogP contribution in [0.3, 0.4) is 0 Å². The Labute approximate surface area is 194 Å². The number of rotatable bonds is 5. The lowest BCUT2D eigenvalue weighted by atomic mass is 9.95. The van der Waals surface area contributed by atoms with Gasteiger partial charge in [-0.3, -0.25) is 0 Å². The maximum atomic E-state index is 13.5. The van der Waals surface area contributed by atoms with E-state index in [2.05, 4.69) is 47.3 Å². The second-order valence-corrected chi connectivity index (χ2v) is 9.65. The third-order valence-corrected chi connectivity index (χ3v) is 7.78. The molecule has 3 aromatic rings. The Bertz CT molecular complexity index is 1120. The van der Waals surface area contributed by atoms with Crippen molar-refractivity contribution < 1.29 is 9.53 Å². The number of thiophene rings is 1. The molecule has 1 aromatic carbocycles. The first kappa shape index (κ1) is 21.1. The molecule has 0 saturated heterocycles. The van der Waals surface area contributed by atoms with Crippen LogP contribution in [0.2, 0.25) is 0 Å². The van der Waals surface area contributed by atoms with E-state index in [1.54, 1.807) is 0 Å². The van der Waals surface area contributed by atoms with Crippen LogP contribution in [0.25, 0.3) is 5.00 Å². The van der Waals surface area contributed by atoms with Gasteiger partial charge in [-0.2, -0.15) is 0 Å². The van der Waals surface area contributed by atoms with E-state index in [1.807, 2.05) is 35.3 Å². The summed E-state index contributed by atoms with van der Waals surface area (Å²) in [7, 11) is 0. The minimum atomic E-state index is -0.180. The summed E-state index contributed by atoms with van der Waals surface area (Å²) in [4.78, 5) is 17.0. The van der Waals surface area contributed by atoms with Crippen molar-refractivity contribution in [1.82, 2.24) is 14.8 Å². The van der Waals surface area contributed by atoms with Crippen molar-refractivity contribution in [3.8, 4) is 10.8 Å². The number of hydrogen-bond acceptors (Lipinski definition) is 3. The van der Waals surface area contributed by atoms with Crippen molar-refractivity contribution in [2.45, 2.75) is 58.5 Å². The second kappa shape index (κ2) is 9.02. The van der Waals surface area contributed by atoms with E-state index in [9.17, 15) is 4.79 Å². The Kier molecular flexibility index (Phi) is 5.96. The standard InChI is InChI=1S/C26H31N3O2S/c1-3-14-27-26(30)29-17-21-20-11-5-6-13-23(20)32-25(21)28-15-8-12-22(28)24(29)18-9-7-10-19(16-18)31-4-2/h7-10,12,15-16,24H,3-6,11,13-14,17H2,1-2H3,(H,27,30)/t24-/m1/s1. The van der Waals surface area contributed by atoms with Gasteiger partial charge in [-0.25, -0.2) is 4.79 Å². The Morgan fingerprint density at radius 2 is 2.03 bits per heavy atom. The summed E-state index contributed by atoms with van der Waals surface area (Å²) >= 11 is 1.92. The number of urea groups is 1. The van der Waals surface area contributed by atoms with Gasteiger partial charge in [-0.1, -0.05) is 19.1 Å². The number of benzene rings is 1. The molecule has 5 rings (SSSR count). The SMILES string of the molecule is CCCNC(=O)N1Cc2c(sc3c2CCCC3)-n2cccc2[C@H]1c1cccc(OCC)c1. The van der Waals surface area contributed by atoms with Crippen molar-refractivity contribution in [2.24, 2.45) is 0 Å². The number of carbonyl (C=O) groups is 1. The molecule has 1 aliphatic carbocycles. The Hall–Kier alpha value is -2.73. The van der Waals surface area contributed by atoms with Gasteiger partial charge in [0.2, 0.25) is 0 Å². The first-order chi connectivity index (χ1) is 15.7.